The van der Waals surface area contributed by atoms with Gasteiger partial charge in [0.25, 0.3) is 0 Å². The first kappa shape index (κ1) is 24.8. The third kappa shape index (κ3) is 6.61. The second kappa shape index (κ2) is 11.9. The number of aryl methyl sites for hydroxylation is 1. The van der Waals surface area contributed by atoms with E-state index in [0.29, 0.717) is 13.0 Å². The minimum atomic E-state index is 0.121. The number of nitrogens with zero attached hydrogens (tertiary/aromatic N) is 3. The summed E-state index contributed by atoms with van der Waals surface area (Å²) in [6.07, 6.45) is 2.20. The maximum atomic E-state index is 13.2. The SMILES string of the molecule is COc1ccc(C)c2sc(N(CCCN(C)C)C(=O)CCCSc3ccc(Cl)cc3)nc12. The number of benzene rings is 2. The largest absolute Gasteiger partial charge is 0.494 e. The van der Waals surface area contributed by atoms with Crippen molar-refractivity contribution in [2.24, 2.45) is 0 Å². The fourth-order valence-electron chi connectivity index (χ4n) is 3.33. The molecule has 3 rings (SSSR count). The Morgan fingerprint density at radius 2 is 1.88 bits per heavy atom. The Bertz CT molecular complexity index is 1040. The highest BCUT2D eigenvalue weighted by molar-refractivity contribution is 7.99. The van der Waals surface area contributed by atoms with Gasteiger partial charge in [-0.3, -0.25) is 9.69 Å². The van der Waals surface area contributed by atoms with Crippen molar-refractivity contribution in [3.05, 3.63) is 47.0 Å². The van der Waals surface area contributed by atoms with E-state index < -0.39 is 0 Å². The van der Waals surface area contributed by atoms with Gasteiger partial charge in [-0.15, -0.1) is 11.8 Å². The number of hydrogen-bond acceptors (Lipinski definition) is 6. The summed E-state index contributed by atoms with van der Waals surface area (Å²) in [7, 11) is 5.75. The number of fused-ring (bicyclic) bond motifs is 1. The van der Waals surface area contributed by atoms with E-state index in [4.69, 9.17) is 21.3 Å². The number of thiazole rings is 1. The summed E-state index contributed by atoms with van der Waals surface area (Å²) >= 11 is 9.27. The summed E-state index contributed by atoms with van der Waals surface area (Å²) in [6, 6.07) is 11.8. The third-order valence-corrected chi connectivity index (χ3v) is 7.61. The fraction of sp³-hybridized carbons (Fsp3) is 0.417. The number of anilines is 1. The van der Waals surface area contributed by atoms with Crippen molar-refractivity contribution in [2.75, 3.05) is 44.9 Å². The molecule has 0 aliphatic rings. The average molecular weight is 492 g/mol. The van der Waals surface area contributed by atoms with Crippen LogP contribution < -0.4 is 9.64 Å². The average Bonchev–Trinajstić information content (AvgIpc) is 3.21. The molecule has 1 heterocycles. The first-order valence-corrected chi connectivity index (χ1v) is 12.8. The van der Waals surface area contributed by atoms with E-state index in [1.165, 1.54) is 4.90 Å². The van der Waals surface area contributed by atoms with Gasteiger partial charge in [0, 0.05) is 22.9 Å². The van der Waals surface area contributed by atoms with Crippen LogP contribution in [0.3, 0.4) is 0 Å². The topological polar surface area (TPSA) is 45.7 Å². The van der Waals surface area contributed by atoms with Crippen LogP contribution in [0.4, 0.5) is 5.13 Å². The lowest BCUT2D eigenvalue weighted by Gasteiger charge is -2.21. The van der Waals surface area contributed by atoms with Gasteiger partial charge in [-0.25, -0.2) is 4.98 Å². The van der Waals surface area contributed by atoms with Crippen molar-refractivity contribution in [1.29, 1.82) is 0 Å². The van der Waals surface area contributed by atoms with Crippen molar-refractivity contribution in [1.82, 2.24) is 9.88 Å². The van der Waals surface area contributed by atoms with Crippen LogP contribution in [0.15, 0.2) is 41.3 Å². The normalized spacial score (nSPS) is 11.3. The summed E-state index contributed by atoms with van der Waals surface area (Å²) in [5.41, 5.74) is 1.97. The molecule has 172 valence electrons. The lowest BCUT2D eigenvalue weighted by Crippen LogP contribution is -2.33. The second-order valence-electron chi connectivity index (χ2n) is 7.87. The van der Waals surface area contributed by atoms with Gasteiger partial charge in [0.15, 0.2) is 5.13 Å². The van der Waals surface area contributed by atoms with Crippen LogP contribution in [0.5, 0.6) is 5.75 Å². The van der Waals surface area contributed by atoms with Crippen LogP contribution in [0.25, 0.3) is 10.2 Å². The Hall–Kier alpha value is -1.80. The maximum Gasteiger partial charge on any atom is 0.228 e. The molecule has 0 saturated heterocycles. The number of methoxy groups -OCH3 is 1. The van der Waals surface area contributed by atoms with Crippen LogP contribution >= 0.6 is 34.7 Å². The van der Waals surface area contributed by atoms with Crippen molar-refractivity contribution >= 4 is 56.0 Å². The maximum absolute atomic E-state index is 13.2. The minimum Gasteiger partial charge on any atom is -0.494 e. The Kier molecular flexibility index (Phi) is 9.22. The Balaban J connectivity index is 1.70. The van der Waals surface area contributed by atoms with E-state index in [-0.39, 0.29) is 5.91 Å². The number of amides is 1. The van der Waals surface area contributed by atoms with E-state index in [1.807, 2.05) is 55.4 Å². The smallest absolute Gasteiger partial charge is 0.228 e. The van der Waals surface area contributed by atoms with Gasteiger partial charge in [0.1, 0.15) is 11.3 Å². The standard InChI is InChI=1S/C24H30ClN3O2S2/c1-17-8-13-20(30-4)22-23(17)32-24(26-22)28(15-6-14-27(2)3)21(29)7-5-16-31-19-11-9-18(25)10-12-19/h8-13H,5-7,14-16H2,1-4H3. The summed E-state index contributed by atoms with van der Waals surface area (Å²) in [5, 5.41) is 1.49. The number of hydrogen-bond donors (Lipinski definition) is 0. The van der Waals surface area contributed by atoms with E-state index in [9.17, 15) is 4.79 Å². The number of ether oxygens (including phenoxy) is 1. The second-order valence-corrected chi connectivity index (χ2v) is 10.4. The molecule has 0 atom stereocenters. The molecule has 0 aliphatic heterocycles. The van der Waals surface area contributed by atoms with Gasteiger partial charge in [-0.2, -0.15) is 0 Å². The number of carbonyl (C=O) groups is 1. The van der Waals surface area contributed by atoms with Gasteiger partial charge in [-0.05, 0) is 82.1 Å². The third-order valence-electron chi connectivity index (χ3n) is 5.05. The molecule has 0 saturated carbocycles. The summed E-state index contributed by atoms with van der Waals surface area (Å²) in [6.45, 7) is 3.64. The van der Waals surface area contributed by atoms with Crippen LogP contribution in [0.2, 0.25) is 5.02 Å². The van der Waals surface area contributed by atoms with Crippen LogP contribution in [0, 0.1) is 6.92 Å². The first-order valence-electron chi connectivity index (χ1n) is 10.7. The van der Waals surface area contributed by atoms with E-state index in [0.717, 1.165) is 56.8 Å². The number of rotatable bonds is 11. The van der Waals surface area contributed by atoms with Crippen LogP contribution in [-0.2, 0) is 4.79 Å². The van der Waals surface area contributed by atoms with E-state index in [2.05, 4.69) is 11.8 Å². The molecule has 0 radical (unpaired) electrons. The Labute approximate surface area is 203 Å². The molecule has 0 unspecified atom stereocenters. The van der Waals surface area contributed by atoms with Crippen molar-refractivity contribution in [2.45, 2.75) is 31.1 Å². The molecule has 1 aromatic heterocycles. The molecule has 0 bridgehead atoms. The molecule has 1 amide bonds. The minimum absolute atomic E-state index is 0.121. The fourth-order valence-corrected chi connectivity index (χ4v) is 5.40. The molecule has 5 nitrogen and oxygen atoms in total. The van der Waals surface area contributed by atoms with Crippen molar-refractivity contribution in [3.8, 4) is 5.75 Å². The van der Waals surface area contributed by atoms with E-state index in [1.54, 1.807) is 30.2 Å². The molecule has 2 aromatic carbocycles. The highest BCUT2D eigenvalue weighted by Crippen LogP contribution is 2.36. The van der Waals surface area contributed by atoms with E-state index >= 15 is 0 Å². The lowest BCUT2D eigenvalue weighted by atomic mass is 10.2. The molecule has 0 aliphatic carbocycles. The quantitative estimate of drug-likeness (QED) is 0.238. The molecular weight excluding hydrogens is 462 g/mol. The Morgan fingerprint density at radius 1 is 1.12 bits per heavy atom. The summed E-state index contributed by atoms with van der Waals surface area (Å²) in [4.78, 5) is 23.2. The first-order chi connectivity index (χ1) is 15.4. The van der Waals surface area contributed by atoms with Crippen molar-refractivity contribution < 1.29 is 9.53 Å². The predicted octanol–water partition coefficient (Wildman–Crippen LogP) is 6.12. The zero-order chi connectivity index (χ0) is 23.1. The van der Waals surface area contributed by atoms with Gasteiger partial charge in [-0.1, -0.05) is 29.0 Å². The van der Waals surface area contributed by atoms with Crippen LogP contribution in [-0.4, -0.2) is 55.8 Å². The molecule has 0 N–H and O–H groups in total. The highest BCUT2D eigenvalue weighted by atomic mass is 35.5. The molecule has 0 spiro atoms. The number of thioether (sulfide) groups is 1. The van der Waals surface area contributed by atoms with Crippen molar-refractivity contribution in [3.63, 3.8) is 0 Å². The lowest BCUT2D eigenvalue weighted by molar-refractivity contribution is -0.118. The molecule has 32 heavy (non-hydrogen) atoms. The van der Waals surface area contributed by atoms with Crippen LogP contribution in [0.1, 0.15) is 24.8 Å². The molecule has 8 heteroatoms. The van der Waals surface area contributed by atoms with Gasteiger partial charge >= 0.3 is 0 Å². The Morgan fingerprint density at radius 3 is 2.56 bits per heavy atom. The molecular formula is C24H30ClN3O2S2. The van der Waals surface area contributed by atoms with Gasteiger partial charge < -0.3 is 9.64 Å². The number of halogens is 1. The predicted molar refractivity (Wildman–Crippen MR) is 138 cm³/mol. The molecule has 0 fully saturated rings. The van der Waals surface area contributed by atoms with Gasteiger partial charge in [0.05, 0.1) is 11.8 Å². The zero-order valence-corrected chi connectivity index (χ0v) is 21.4. The number of carbonyl (C=O) groups excluding carboxylic acids is 1. The van der Waals surface area contributed by atoms with Gasteiger partial charge in [0.2, 0.25) is 5.91 Å². The monoisotopic (exact) mass is 491 g/mol. The highest BCUT2D eigenvalue weighted by Gasteiger charge is 2.21. The summed E-state index contributed by atoms with van der Waals surface area (Å²) in [5.74, 6) is 1.75. The number of aromatic nitrogens is 1. The molecule has 3 aromatic rings. The summed E-state index contributed by atoms with van der Waals surface area (Å²) < 4.78 is 6.57. The zero-order valence-electron chi connectivity index (χ0n) is 19.1.